The largest absolute Gasteiger partial charge is 0.496 e. The van der Waals surface area contributed by atoms with Crippen molar-refractivity contribution in [1.82, 2.24) is 0 Å². The molecular formula is C15H24ClNO. The topological polar surface area (TPSA) is 35.2 Å². The van der Waals surface area contributed by atoms with E-state index in [2.05, 4.69) is 20.8 Å². The van der Waals surface area contributed by atoms with Crippen LogP contribution in [0.25, 0.3) is 0 Å². The van der Waals surface area contributed by atoms with Crippen molar-refractivity contribution >= 4 is 11.6 Å². The van der Waals surface area contributed by atoms with Crippen LogP contribution in [0.1, 0.15) is 30.5 Å². The number of benzene rings is 1. The van der Waals surface area contributed by atoms with Gasteiger partial charge in [-0.05, 0) is 61.4 Å². The van der Waals surface area contributed by atoms with E-state index in [0.717, 1.165) is 28.3 Å². The zero-order valence-electron chi connectivity index (χ0n) is 12.0. The lowest BCUT2D eigenvalue weighted by atomic mass is 9.87. The number of ether oxygens (including phenoxy) is 1. The smallest absolute Gasteiger partial charge is 0.122 e. The number of halogens is 1. The van der Waals surface area contributed by atoms with Crippen LogP contribution >= 0.6 is 11.6 Å². The summed E-state index contributed by atoms with van der Waals surface area (Å²) in [5.74, 6) is 1.93. The van der Waals surface area contributed by atoms with Gasteiger partial charge in [-0.2, -0.15) is 0 Å². The highest BCUT2D eigenvalue weighted by molar-refractivity contribution is 6.32. The Hall–Kier alpha value is -0.730. The molecule has 0 aromatic heterocycles. The second-order valence-electron chi connectivity index (χ2n) is 5.26. The maximum Gasteiger partial charge on any atom is 0.122 e. The molecule has 102 valence electrons. The predicted molar refractivity (Wildman–Crippen MR) is 78.6 cm³/mol. The maximum absolute atomic E-state index is 6.33. The van der Waals surface area contributed by atoms with Gasteiger partial charge < -0.3 is 10.5 Å². The highest BCUT2D eigenvalue weighted by atomic mass is 35.5. The molecule has 1 aromatic carbocycles. The van der Waals surface area contributed by atoms with Gasteiger partial charge in [0.05, 0.1) is 7.11 Å². The zero-order valence-corrected chi connectivity index (χ0v) is 12.8. The third kappa shape index (κ3) is 3.18. The van der Waals surface area contributed by atoms with E-state index in [4.69, 9.17) is 22.1 Å². The minimum atomic E-state index is 0.455. The fourth-order valence-electron chi connectivity index (χ4n) is 2.25. The molecule has 1 unspecified atom stereocenters. The number of methoxy groups -OCH3 is 1. The van der Waals surface area contributed by atoms with E-state index in [0.29, 0.717) is 18.4 Å². The van der Waals surface area contributed by atoms with Crippen molar-refractivity contribution in [2.75, 3.05) is 13.7 Å². The first-order chi connectivity index (χ1) is 8.42. The quantitative estimate of drug-likeness (QED) is 0.884. The van der Waals surface area contributed by atoms with E-state index in [1.807, 2.05) is 13.0 Å². The highest BCUT2D eigenvalue weighted by Crippen LogP contribution is 2.34. The van der Waals surface area contributed by atoms with Crippen molar-refractivity contribution in [1.29, 1.82) is 0 Å². The number of nitrogens with two attached hydrogens (primary N) is 1. The zero-order chi connectivity index (χ0) is 13.9. The number of hydrogen-bond donors (Lipinski definition) is 1. The molecule has 1 atom stereocenters. The molecule has 0 fully saturated rings. The van der Waals surface area contributed by atoms with Gasteiger partial charge in [0, 0.05) is 5.02 Å². The van der Waals surface area contributed by atoms with Crippen LogP contribution in [0.15, 0.2) is 6.07 Å². The molecule has 0 aliphatic heterocycles. The van der Waals surface area contributed by atoms with E-state index < -0.39 is 0 Å². The molecule has 0 spiro atoms. The fraction of sp³-hybridized carbons (Fsp3) is 0.600. The minimum absolute atomic E-state index is 0.455. The molecule has 0 saturated heterocycles. The van der Waals surface area contributed by atoms with Gasteiger partial charge in [-0.1, -0.05) is 25.4 Å². The first-order valence-electron chi connectivity index (χ1n) is 6.45. The van der Waals surface area contributed by atoms with Crippen molar-refractivity contribution < 1.29 is 4.74 Å². The van der Waals surface area contributed by atoms with Gasteiger partial charge in [0.25, 0.3) is 0 Å². The van der Waals surface area contributed by atoms with Crippen LogP contribution < -0.4 is 10.5 Å². The Bertz CT molecular complexity index is 415. The van der Waals surface area contributed by atoms with Crippen molar-refractivity contribution in [2.24, 2.45) is 17.6 Å². The Labute approximate surface area is 115 Å². The van der Waals surface area contributed by atoms with E-state index >= 15 is 0 Å². The van der Waals surface area contributed by atoms with Crippen LogP contribution in [0.2, 0.25) is 5.02 Å². The molecule has 18 heavy (non-hydrogen) atoms. The fourth-order valence-corrected chi connectivity index (χ4v) is 2.42. The Kier molecular flexibility index (Phi) is 5.48. The third-order valence-corrected chi connectivity index (χ3v) is 4.29. The van der Waals surface area contributed by atoms with Gasteiger partial charge in [-0.3, -0.25) is 0 Å². The van der Waals surface area contributed by atoms with Gasteiger partial charge >= 0.3 is 0 Å². The highest BCUT2D eigenvalue weighted by Gasteiger charge is 2.18. The number of aryl methyl sites for hydroxylation is 1. The molecule has 1 aromatic rings. The van der Waals surface area contributed by atoms with E-state index in [9.17, 15) is 0 Å². The average molecular weight is 270 g/mol. The molecular weight excluding hydrogens is 246 g/mol. The van der Waals surface area contributed by atoms with Gasteiger partial charge in [0.15, 0.2) is 0 Å². The van der Waals surface area contributed by atoms with Gasteiger partial charge in [0.1, 0.15) is 5.75 Å². The van der Waals surface area contributed by atoms with Crippen molar-refractivity contribution in [3.05, 3.63) is 27.8 Å². The summed E-state index contributed by atoms with van der Waals surface area (Å²) in [6, 6.07) is 2.01. The van der Waals surface area contributed by atoms with Crippen LogP contribution in [0, 0.1) is 25.7 Å². The van der Waals surface area contributed by atoms with Crippen LogP contribution in [0.5, 0.6) is 5.75 Å². The molecule has 0 bridgehead atoms. The van der Waals surface area contributed by atoms with Crippen molar-refractivity contribution in [2.45, 2.75) is 34.1 Å². The molecule has 0 radical (unpaired) electrons. The van der Waals surface area contributed by atoms with Crippen LogP contribution in [-0.2, 0) is 6.42 Å². The Morgan fingerprint density at radius 3 is 2.39 bits per heavy atom. The molecule has 0 aliphatic carbocycles. The summed E-state index contributed by atoms with van der Waals surface area (Å²) in [6.45, 7) is 9.15. The molecule has 2 N–H and O–H groups in total. The Balaban J connectivity index is 3.18. The van der Waals surface area contributed by atoms with Crippen LogP contribution in [0.4, 0.5) is 0 Å². The summed E-state index contributed by atoms with van der Waals surface area (Å²) in [6.07, 6.45) is 0.920. The monoisotopic (exact) mass is 269 g/mol. The van der Waals surface area contributed by atoms with Gasteiger partial charge in [0.2, 0.25) is 0 Å². The molecule has 0 heterocycles. The second-order valence-corrected chi connectivity index (χ2v) is 5.64. The summed E-state index contributed by atoms with van der Waals surface area (Å²) >= 11 is 6.33. The van der Waals surface area contributed by atoms with Crippen molar-refractivity contribution in [3.8, 4) is 5.75 Å². The van der Waals surface area contributed by atoms with Crippen LogP contribution in [-0.4, -0.2) is 13.7 Å². The van der Waals surface area contributed by atoms with E-state index in [-0.39, 0.29) is 0 Å². The SMILES string of the molecule is COc1cc(C)c(Cl)c(C)c1CC(CN)C(C)C. The summed E-state index contributed by atoms with van der Waals surface area (Å²) in [4.78, 5) is 0. The summed E-state index contributed by atoms with van der Waals surface area (Å²) < 4.78 is 5.49. The van der Waals surface area contributed by atoms with Crippen molar-refractivity contribution in [3.63, 3.8) is 0 Å². The number of rotatable bonds is 5. The maximum atomic E-state index is 6.33. The lowest BCUT2D eigenvalue weighted by Crippen LogP contribution is -2.22. The Morgan fingerprint density at radius 2 is 1.94 bits per heavy atom. The summed E-state index contributed by atoms with van der Waals surface area (Å²) in [5, 5.41) is 0.838. The average Bonchev–Trinajstić information content (AvgIpc) is 2.34. The Morgan fingerprint density at radius 1 is 1.33 bits per heavy atom. The minimum Gasteiger partial charge on any atom is -0.496 e. The number of hydrogen-bond acceptors (Lipinski definition) is 2. The van der Waals surface area contributed by atoms with Gasteiger partial charge in [-0.25, -0.2) is 0 Å². The normalized spacial score (nSPS) is 12.9. The molecule has 2 nitrogen and oxygen atoms in total. The molecule has 3 heteroatoms. The molecule has 0 saturated carbocycles. The third-order valence-electron chi connectivity index (χ3n) is 3.70. The second kappa shape index (κ2) is 6.44. The summed E-state index contributed by atoms with van der Waals surface area (Å²) in [5.41, 5.74) is 9.23. The molecule has 1 rings (SSSR count). The van der Waals surface area contributed by atoms with Crippen LogP contribution in [0.3, 0.4) is 0 Å². The van der Waals surface area contributed by atoms with E-state index in [1.54, 1.807) is 7.11 Å². The molecule has 0 amide bonds. The summed E-state index contributed by atoms with van der Waals surface area (Å²) in [7, 11) is 1.71. The lowest BCUT2D eigenvalue weighted by molar-refractivity contribution is 0.372. The first kappa shape index (κ1) is 15.3. The standard InChI is InChI=1S/C15H24ClNO/c1-9(2)12(8-17)7-13-11(4)15(16)10(3)6-14(13)18-5/h6,9,12H,7-8,17H2,1-5H3. The van der Waals surface area contributed by atoms with E-state index in [1.165, 1.54) is 5.56 Å². The first-order valence-corrected chi connectivity index (χ1v) is 6.82. The van der Waals surface area contributed by atoms with Gasteiger partial charge in [-0.15, -0.1) is 0 Å². The molecule has 0 aliphatic rings. The lowest BCUT2D eigenvalue weighted by Gasteiger charge is -2.22. The predicted octanol–water partition coefficient (Wildman–Crippen LogP) is 3.74.